The van der Waals surface area contributed by atoms with Crippen LogP contribution in [0.5, 0.6) is 0 Å². The Morgan fingerprint density at radius 1 is 0.860 bits per heavy atom. The molecule has 4 saturated carbocycles. The summed E-state index contributed by atoms with van der Waals surface area (Å²) in [6, 6.07) is 5.86. The molecule has 0 bridgehead atoms. The molecule has 5 aliphatic carbocycles. The number of fused-ring (bicyclic) bond motifs is 7. The predicted octanol–water partition coefficient (Wildman–Crippen LogP) is 7.86. The lowest BCUT2D eigenvalue weighted by atomic mass is 9.33. The highest BCUT2D eigenvalue weighted by molar-refractivity contribution is 5.78. The Morgan fingerprint density at radius 2 is 1.56 bits per heavy atom. The standard InChI is InChI=1S/C38H56NO4/c1-33(2)18-20-38(32(41)42-8)21-19-36(6)26(27(38)24-33)12-13-29-35(5)16-15-30(34(3,4)28(35)14-17-37(29,36)7)43-31(40)25-39-22-10-9-11-23-39/h9-12,22-23,27-30H,13-21,24-25H2,1-8H3/q+1/t27-,28-,29+,30-,35-,36+,37+,38-/m0/s1. The molecule has 6 rings (SSSR count). The molecule has 43 heavy (non-hydrogen) atoms. The molecule has 4 fully saturated rings. The van der Waals surface area contributed by atoms with Gasteiger partial charge in [0, 0.05) is 17.5 Å². The molecule has 0 N–H and O–H groups in total. The molecule has 0 amide bonds. The number of aromatic nitrogens is 1. The zero-order valence-electron chi connectivity index (χ0n) is 28.1. The van der Waals surface area contributed by atoms with Gasteiger partial charge in [-0.25, -0.2) is 4.79 Å². The second-order valence-electron chi connectivity index (χ2n) is 17.2. The molecule has 8 atom stereocenters. The summed E-state index contributed by atoms with van der Waals surface area (Å²) < 4.78 is 13.7. The van der Waals surface area contributed by atoms with E-state index >= 15 is 0 Å². The van der Waals surface area contributed by atoms with E-state index in [2.05, 4.69) is 54.5 Å². The smallest absolute Gasteiger partial charge is 0.372 e. The Morgan fingerprint density at radius 3 is 2.26 bits per heavy atom. The number of carbonyl (C=O) groups excluding carboxylic acids is 2. The molecule has 5 aliphatic rings. The molecule has 0 radical (unpaired) electrons. The lowest BCUT2D eigenvalue weighted by molar-refractivity contribution is -0.686. The number of rotatable bonds is 4. The van der Waals surface area contributed by atoms with Crippen LogP contribution in [-0.4, -0.2) is 25.2 Å². The van der Waals surface area contributed by atoms with Crippen LogP contribution in [0.1, 0.15) is 113 Å². The average molecular weight is 591 g/mol. The van der Waals surface area contributed by atoms with Gasteiger partial charge < -0.3 is 9.47 Å². The molecule has 1 aromatic rings. The summed E-state index contributed by atoms with van der Waals surface area (Å²) in [5.41, 5.74) is 1.81. The Hall–Kier alpha value is -2.17. The fraction of sp³-hybridized carbons (Fsp3) is 0.763. The summed E-state index contributed by atoms with van der Waals surface area (Å²) in [6.07, 6.45) is 17.0. The van der Waals surface area contributed by atoms with Gasteiger partial charge in [0.25, 0.3) is 0 Å². The van der Waals surface area contributed by atoms with Crippen molar-refractivity contribution in [3.8, 4) is 0 Å². The zero-order chi connectivity index (χ0) is 31.1. The minimum Gasteiger partial charge on any atom is -0.469 e. The van der Waals surface area contributed by atoms with Gasteiger partial charge in [-0.1, -0.05) is 66.2 Å². The van der Waals surface area contributed by atoms with Crippen LogP contribution < -0.4 is 4.57 Å². The molecule has 0 unspecified atom stereocenters. The monoisotopic (exact) mass is 590 g/mol. The normalized spacial score (nSPS) is 42.7. The van der Waals surface area contributed by atoms with Gasteiger partial charge in [-0.15, -0.1) is 0 Å². The molecular weight excluding hydrogens is 534 g/mol. The van der Waals surface area contributed by atoms with E-state index in [4.69, 9.17) is 9.47 Å². The number of nitrogens with zero attached hydrogens (tertiary/aromatic N) is 1. The SMILES string of the molecule is COC(=O)[C@]12CCC(C)(C)C[C@H]1C1=CC[C@@H]3[C@@]4(C)CC[C@H](OC(=O)C[n+]5ccccc5)C(C)(C)[C@@H]4CC[C@@]3(C)[C@]1(C)CC2. The van der Waals surface area contributed by atoms with Crippen LogP contribution in [0.2, 0.25) is 0 Å². The summed E-state index contributed by atoms with van der Waals surface area (Å²) in [6.45, 7) is 17.5. The topological polar surface area (TPSA) is 56.5 Å². The molecule has 1 heterocycles. The third-order valence-electron chi connectivity index (χ3n) is 14.5. The van der Waals surface area contributed by atoms with E-state index < -0.39 is 0 Å². The van der Waals surface area contributed by atoms with E-state index in [9.17, 15) is 9.59 Å². The highest BCUT2D eigenvalue weighted by Gasteiger charge is 2.69. The molecule has 1 aromatic heterocycles. The highest BCUT2D eigenvalue weighted by atomic mass is 16.5. The number of methoxy groups -OCH3 is 1. The van der Waals surface area contributed by atoms with Crippen molar-refractivity contribution in [2.45, 2.75) is 125 Å². The number of hydrogen-bond acceptors (Lipinski definition) is 4. The van der Waals surface area contributed by atoms with Crippen LogP contribution in [0.4, 0.5) is 0 Å². The molecule has 0 aromatic carbocycles. The molecule has 5 nitrogen and oxygen atoms in total. The maximum atomic E-state index is 13.5. The third-order valence-corrected chi connectivity index (χ3v) is 14.5. The van der Waals surface area contributed by atoms with Crippen LogP contribution in [0.3, 0.4) is 0 Å². The van der Waals surface area contributed by atoms with Gasteiger partial charge in [0.05, 0.1) is 12.5 Å². The van der Waals surface area contributed by atoms with Gasteiger partial charge in [0.1, 0.15) is 6.10 Å². The van der Waals surface area contributed by atoms with Gasteiger partial charge in [0.2, 0.25) is 6.54 Å². The molecule has 0 spiro atoms. The highest BCUT2D eigenvalue weighted by Crippen LogP contribution is 2.76. The summed E-state index contributed by atoms with van der Waals surface area (Å²) in [7, 11) is 1.59. The lowest BCUT2D eigenvalue weighted by Gasteiger charge is -2.71. The van der Waals surface area contributed by atoms with Crippen LogP contribution in [0.15, 0.2) is 42.2 Å². The maximum Gasteiger partial charge on any atom is 0.372 e. The van der Waals surface area contributed by atoms with E-state index in [1.165, 1.54) is 12.8 Å². The van der Waals surface area contributed by atoms with Crippen LogP contribution >= 0.6 is 0 Å². The van der Waals surface area contributed by atoms with Crippen molar-refractivity contribution in [3.05, 3.63) is 42.2 Å². The van der Waals surface area contributed by atoms with Gasteiger partial charge in [-0.3, -0.25) is 4.79 Å². The first kappa shape index (κ1) is 30.8. The largest absolute Gasteiger partial charge is 0.469 e. The maximum absolute atomic E-state index is 13.5. The number of hydrogen-bond donors (Lipinski definition) is 0. The first-order chi connectivity index (χ1) is 20.1. The van der Waals surface area contributed by atoms with Crippen LogP contribution in [-0.2, 0) is 25.6 Å². The first-order valence-electron chi connectivity index (χ1n) is 17.1. The predicted molar refractivity (Wildman–Crippen MR) is 168 cm³/mol. The van der Waals surface area contributed by atoms with Crippen molar-refractivity contribution in [2.24, 2.45) is 50.2 Å². The molecular formula is C38H56NO4+. The number of carbonyl (C=O) groups is 2. The van der Waals surface area contributed by atoms with E-state index in [0.717, 1.165) is 51.4 Å². The molecule has 236 valence electrons. The second-order valence-corrected chi connectivity index (χ2v) is 17.2. The van der Waals surface area contributed by atoms with Crippen molar-refractivity contribution in [3.63, 3.8) is 0 Å². The van der Waals surface area contributed by atoms with Gasteiger partial charge in [-0.2, -0.15) is 4.57 Å². The second kappa shape index (κ2) is 10.2. The van der Waals surface area contributed by atoms with Gasteiger partial charge in [0.15, 0.2) is 12.4 Å². The molecule has 0 aliphatic heterocycles. The fourth-order valence-corrected chi connectivity index (χ4v) is 11.9. The Labute approximate surface area is 260 Å². The first-order valence-corrected chi connectivity index (χ1v) is 17.1. The van der Waals surface area contributed by atoms with E-state index in [-0.39, 0.29) is 63.0 Å². The number of esters is 2. The number of pyridine rings is 1. The summed E-state index contributed by atoms with van der Waals surface area (Å²) in [5, 5.41) is 0. The minimum atomic E-state index is -0.359. The summed E-state index contributed by atoms with van der Waals surface area (Å²) in [4.78, 5) is 26.6. The van der Waals surface area contributed by atoms with Crippen molar-refractivity contribution < 1.29 is 23.6 Å². The molecule has 0 saturated heterocycles. The Bertz CT molecular complexity index is 1300. The minimum absolute atomic E-state index is 0.0270. The average Bonchev–Trinajstić information content (AvgIpc) is 2.95. The van der Waals surface area contributed by atoms with E-state index in [0.29, 0.717) is 11.8 Å². The van der Waals surface area contributed by atoms with Crippen molar-refractivity contribution >= 4 is 11.9 Å². The number of allylic oxidation sites excluding steroid dienone is 2. The van der Waals surface area contributed by atoms with Gasteiger partial charge in [-0.05, 0) is 104 Å². The Balaban J connectivity index is 1.29. The van der Waals surface area contributed by atoms with Crippen molar-refractivity contribution in [1.29, 1.82) is 0 Å². The summed E-state index contributed by atoms with van der Waals surface area (Å²) >= 11 is 0. The van der Waals surface area contributed by atoms with Crippen LogP contribution in [0, 0.1) is 50.2 Å². The zero-order valence-corrected chi connectivity index (χ0v) is 28.1. The third kappa shape index (κ3) is 4.48. The van der Waals surface area contributed by atoms with Crippen molar-refractivity contribution in [1.82, 2.24) is 0 Å². The van der Waals surface area contributed by atoms with Crippen LogP contribution in [0.25, 0.3) is 0 Å². The van der Waals surface area contributed by atoms with Crippen molar-refractivity contribution in [2.75, 3.05) is 7.11 Å². The van der Waals surface area contributed by atoms with Gasteiger partial charge >= 0.3 is 11.9 Å². The Kier molecular flexibility index (Phi) is 7.30. The lowest BCUT2D eigenvalue weighted by Crippen LogP contribution is -2.65. The summed E-state index contributed by atoms with van der Waals surface area (Å²) in [5.74, 6) is 1.24. The number of ether oxygens (including phenoxy) is 2. The van der Waals surface area contributed by atoms with E-state index in [1.54, 1.807) is 12.7 Å². The fourth-order valence-electron chi connectivity index (χ4n) is 11.9. The quantitative estimate of drug-likeness (QED) is 0.204. The van der Waals surface area contributed by atoms with E-state index in [1.807, 2.05) is 35.2 Å². The molecule has 5 heteroatoms.